The van der Waals surface area contributed by atoms with Crippen molar-refractivity contribution in [2.45, 2.75) is 46.3 Å². The third-order valence-corrected chi connectivity index (χ3v) is 4.50. The van der Waals surface area contributed by atoms with Crippen LogP contribution >= 0.6 is 0 Å². The Morgan fingerprint density at radius 3 is 2.45 bits per heavy atom. The number of benzene rings is 1. The number of piperazine rings is 1. The lowest BCUT2D eigenvalue weighted by molar-refractivity contribution is 0.170. The second-order valence-electron chi connectivity index (χ2n) is 6.18. The minimum atomic E-state index is 0.604. The molecule has 0 amide bonds. The summed E-state index contributed by atoms with van der Waals surface area (Å²) in [5, 5.41) is 3.47. The summed E-state index contributed by atoms with van der Waals surface area (Å²) < 4.78 is 0. The van der Waals surface area contributed by atoms with Gasteiger partial charge in [0.25, 0.3) is 0 Å². The van der Waals surface area contributed by atoms with Gasteiger partial charge >= 0.3 is 0 Å². The summed E-state index contributed by atoms with van der Waals surface area (Å²) in [7, 11) is 2.24. The van der Waals surface area contributed by atoms with Gasteiger partial charge < -0.3 is 10.2 Å². The van der Waals surface area contributed by atoms with Gasteiger partial charge in [-0.3, -0.25) is 4.90 Å². The molecule has 1 saturated heterocycles. The number of aryl methyl sites for hydroxylation is 1. The fourth-order valence-corrected chi connectivity index (χ4v) is 3.03. The molecule has 1 N–H and O–H groups in total. The first-order valence-corrected chi connectivity index (χ1v) is 7.80. The normalized spacial score (nSPS) is 24.1. The van der Waals surface area contributed by atoms with E-state index in [-0.39, 0.29) is 0 Å². The Morgan fingerprint density at radius 2 is 1.85 bits per heavy atom. The summed E-state index contributed by atoms with van der Waals surface area (Å²) in [6, 6.07) is 8.07. The summed E-state index contributed by atoms with van der Waals surface area (Å²) in [4.78, 5) is 5.04. The van der Waals surface area contributed by atoms with Crippen molar-refractivity contribution in [3.63, 3.8) is 0 Å². The van der Waals surface area contributed by atoms with Gasteiger partial charge in [-0.25, -0.2) is 0 Å². The Kier molecular flexibility index (Phi) is 5.06. The average Bonchev–Trinajstić information content (AvgIpc) is 2.42. The van der Waals surface area contributed by atoms with Gasteiger partial charge in [-0.2, -0.15) is 0 Å². The minimum absolute atomic E-state index is 0.604. The molecule has 3 nitrogen and oxygen atoms in total. The van der Waals surface area contributed by atoms with Gasteiger partial charge in [0.05, 0.1) is 0 Å². The summed E-state index contributed by atoms with van der Waals surface area (Å²) >= 11 is 0. The van der Waals surface area contributed by atoms with Crippen LogP contribution in [0.3, 0.4) is 0 Å². The molecular weight excluding hydrogens is 246 g/mol. The SMILES string of the molecule is CCNCc1cc(C)ccc1N1CC(C)N(C)C(C)C1. The molecular formula is C17H29N3. The highest BCUT2D eigenvalue weighted by Crippen LogP contribution is 2.26. The highest BCUT2D eigenvalue weighted by molar-refractivity contribution is 5.55. The largest absolute Gasteiger partial charge is 0.368 e. The van der Waals surface area contributed by atoms with E-state index in [1.807, 2.05) is 0 Å². The van der Waals surface area contributed by atoms with Crippen LogP contribution < -0.4 is 10.2 Å². The van der Waals surface area contributed by atoms with Crippen LogP contribution in [-0.2, 0) is 6.54 Å². The molecule has 0 bridgehead atoms. The van der Waals surface area contributed by atoms with Crippen molar-refractivity contribution < 1.29 is 0 Å². The fraction of sp³-hybridized carbons (Fsp3) is 0.647. The average molecular weight is 275 g/mol. The molecule has 0 saturated carbocycles. The maximum absolute atomic E-state index is 3.47. The first-order valence-electron chi connectivity index (χ1n) is 7.80. The van der Waals surface area contributed by atoms with Gasteiger partial charge in [0, 0.05) is 37.4 Å². The quantitative estimate of drug-likeness (QED) is 0.911. The Balaban J connectivity index is 2.23. The predicted molar refractivity (Wildman–Crippen MR) is 87.5 cm³/mol. The van der Waals surface area contributed by atoms with E-state index in [9.17, 15) is 0 Å². The summed E-state index contributed by atoms with van der Waals surface area (Å²) in [5.41, 5.74) is 4.18. The molecule has 1 aromatic rings. The summed E-state index contributed by atoms with van der Waals surface area (Å²) in [6.07, 6.45) is 0. The van der Waals surface area contributed by atoms with Gasteiger partial charge in [-0.15, -0.1) is 0 Å². The van der Waals surface area contributed by atoms with E-state index < -0.39 is 0 Å². The highest BCUT2D eigenvalue weighted by atomic mass is 15.3. The van der Waals surface area contributed by atoms with Gasteiger partial charge in [-0.05, 0) is 46.0 Å². The maximum atomic E-state index is 3.47. The smallest absolute Gasteiger partial charge is 0.0413 e. The molecule has 20 heavy (non-hydrogen) atoms. The zero-order chi connectivity index (χ0) is 14.7. The number of nitrogens with one attached hydrogen (secondary N) is 1. The van der Waals surface area contributed by atoms with Crippen LogP contribution in [0, 0.1) is 6.92 Å². The molecule has 0 aliphatic carbocycles. The predicted octanol–water partition coefficient (Wildman–Crippen LogP) is 2.63. The third kappa shape index (κ3) is 3.33. The minimum Gasteiger partial charge on any atom is -0.368 e. The Hall–Kier alpha value is -1.06. The second-order valence-corrected chi connectivity index (χ2v) is 6.18. The van der Waals surface area contributed by atoms with Crippen LogP contribution in [0.2, 0.25) is 0 Å². The zero-order valence-electron chi connectivity index (χ0n) is 13.6. The number of nitrogens with zero attached hydrogens (tertiary/aromatic N) is 2. The zero-order valence-corrected chi connectivity index (χ0v) is 13.6. The standard InChI is InChI=1S/C17H29N3/c1-6-18-10-16-9-13(2)7-8-17(16)20-11-14(3)19(5)15(4)12-20/h7-9,14-15,18H,6,10-12H2,1-5H3. The third-order valence-electron chi connectivity index (χ3n) is 4.50. The van der Waals surface area contributed by atoms with Crippen molar-refractivity contribution in [1.29, 1.82) is 0 Å². The molecule has 0 spiro atoms. The van der Waals surface area contributed by atoms with Crippen molar-refractivity contribution >= 4 is 5.69 Å². The van der Waals surface area contributed by atoms with Crippen LogP contribution in [0.1, 0.15) is 31.9 Å². The Labute approximate surface area is 124 Å². The molecule has 2 atom stereocenters. The number of rotatable bonds is 4. The van der Waals surface area contributed by atoms with E-state index in [2.05, 4.69) is 68.1 Å². The van der Waals surface area contributed by atoms with Crippen LogP contribution in [0.4, 0.5) is 5.69 Å². The van der Waals surface area contributed by atoms with E-state index in [1.54, 1.807) is 0 Å². The van der Waals surface area contributed by atoms with Crippen LogP contribution in [0.5, 0.6) is 0 Å². The number of anilines is 1. The molecule has 1 aliphatic heterocycles. The van der Waals surface area contributed by atoms with Gasteiger partial charge in [0.1, 0.15) is 0 Å². The fourth-order valence-electron chi connectivity index (χ4n) is 3.03. The molecule has 112 valence electrons. The first kappa shape index (κ1) is 15.3. The van der Waals surface area contributed by atoms with Crippen LogP contribution in [0.25, 0.3) is 0 Å². The van der Waals surface area contributed by atoms with Crippen molar-refractivity contribution in [3.05, 3.63) is 29.3 Å². The maximum Gasteiger partial charge on any atom is 0.0413 e. The van der Waals surface area contributed by atoms with E-state index in [0.29, 0.717) is 12.1 Å². The van der Waals surface area contributed by atoms with E-state index >= 15 is 0 Å². The van der Waals surface area contributed by atoms with E-state index in [0.717, 1.165) is 26.2 Å². The van der Waals surface area contributed by atoms with Gasteiger partial charge in [0.2, 0.25) is 0 Å². The topological polar surface area (TPSA) is 18.5 Å². The lowest BCUT2D eigenvalue weighted by Gasteiger charge is -2.44. The van der Waals surface area contributed by atoms with Crippen molar-refractivity contribution in [2.75, 3.05) is 31.6 Å². The number of hydrogen-bond acceptors (Lipinski definition) is 3. The number of hydrogen-bond donors (Lipinski definition) is 1. The molecule has 1 aliphatic rings. The van der Waals surface area contributed by atoms with E-state index in [4.69, 9.17) is 0 Å². The second kappa shape index (κ2) is 6.59. The van der Waals surface area contributed by atoms with Crippen LogP contribution in [-0.4, -0.2) is 43.7 Å². The molecule has 1 fully saturated rings. The van der Waals surface area contributed by atoms with Crippen LogP contribution in [0.15, 0.2) is 18.2 Å². The van der Waals surface area contributed by atoms with E-state index in [1.165, 1.54) is 16.8 Å². The van der Waals surface area contributed by atoms with Gasteiger partial charge in [0.15, 0.2) is 0 Å². The van der Waals surface area contributed by atoms with Crippen molar-refractivity contribution in [2.24, 2.45) is 0 Å². The lowest BCUT2D eigenvalue weighted by atomic mass is 10.0. The lowest BCUT2D eigenvalue weighted by Crippen LogP contribution is -2.55. The molecule has 0 radical (unpaired) electrons. The summed E-state index contributed by atoms with van der Waals surface area (Å²) in [6.45, 7) is 13.2. The first-order chi connectivity index (χ1) is 9.52. The highest BCUT2D eigenvalue weighted by Gasteiger charge is 2.27. The number of likely N-dealkylation sites (N-methyl/N-ethyl adjacent to an activating group) is 1. The summed E-state index contributed by atoms with van der Waals surface area (Å²) in [5.74, 6) is 0. The molecule has 3 heteroatoms. The Bertz CT molecular complexity index is 432. The molecule has 1 heterocycles. The van der Waals surface area contributed by atoms with Crippen molar-refractivity contribution in [3.8, 4) is 0 Å². The molecule has 2 rings (SSSR count). The molecule has 0 aromatic heterocycles. The molecule has 2 unspecified atom stereocenters. The monoisotopic (exact) mass is 275 g/mol. The Morgan fingerprint density at radius 1 is 1.20 bits per heavy atom. The van der Waals surface area contributed by atoms with Gasteiger partial charge in [-0.1, -0.05) is 24.6 Å². The molecule has 1 aromatic carbocycles. The van der Waals surface area contributed by atoms with Crippen molar-refractivity contribution in [1.82, 2.24) is 10.2 Å².